The highest BCUT2D eigenvalue weighted by atomic mass is 35.5. The van der Waals surface area contributed by atoms with Crippen molar-refractivity contribution in [2.45, 2.75) is 13.0 Å². The maximum atomic E-state index is 12.5. The van der Waals surface area contributed by atoms with Crippen molar-refractivity contribution in [3.05, 3.63) is 31.1 Å². The van der Waals surface area contributed by atoms with E-state index < -0.39 is 23.1 Å². The molecule has 3 N–H and O–H groups in total. The van der Waals surface area contributed by atoms with Gasteiger partial charge in [0.05, 0.1) is 6.54 Å². The first-order valence-corrected chi connectivity index (χ1v) is 7.42. The molecule has 112 valence electrons. The number of thiazole rings is 2. The zero-order valence-corrected chi connectivity index (χ0v) is 12.5. The smallest absolute Gasteiger partial charge is 0.280 e. The first-order valence-electron chi connectivity index (χ1n) is 5.35. The van der Waals surface area contributed by atoms with Gasteiger partial charge in [-0.1, -0.05) is 11.6 Å². The Labute approximate surface area is 130 Å². The lowest BCUT2D eigenvalue weighted by Crippen LogP contribution is -2.22. The van der Waals surface area contributed by atoms with Crippen molar-refractivity contribution in [3.63, 3.8) is 0 Å². The minimum absolute atomic E-state index is 0.0258. The molecule has 6 nitrogen and oxygen atoms in total. The summed E-state index contributed by atoms with van der Waals surface area (Å²) in [6, 6.07) is 0. The van der Waals surface area contributed by atoms with Crippen molar-refractivity contribution in [1.82, 2.24) is 15.3 Å². The molecule has 0 atom stereocenters. The van der Waals surface area contributed by atoms with E-state index in [4.69, 9.17) is 17.3 Å². The van der Waals surface area contributed by atoms with Crippen molar-refractivity contribution in [1.29, 1.82) is 0 Å². The van der Waals surface area contributed by atoms with Gasteiger partial charge < -0.3 is 11.1 Å². The second-order valence-electron chi connectivity index (χ2n) is 3.65. The maximum Gasteiger partial charge on any atom is 0.280 e. The molecule has 0 saturated carbocycles. The molecule has 0 aliphatic carbocycles. The zero-order chi connectivity index (χ0) is 15.6. The molecule has 0 aliphatic heterocycles. The van der Waals surface area contributed by atoms with Crippen LogP contribution in [0.1, 0.15) is 36.6 Å². The molecule has 11 heteroatoms. The number of amides is 2. The number of nitrogens with one attached hydrogen (secondary N) is 1. The topological polar surface area (TPSA) is 98.0 Å². The van der Waals surface area contributed by atoms with Crippen LogP contribution in [-0.2, 0) is 6.54 Å². The largest absolute Gasteiger partial charge is 0.364 e. The molecule has 2 amide bonds. The molecule has 21 heavy (non-hydrogen) atoms. The molecule has 2 heterocycles. The lowest BCUT2D eigenvalue weighted by molar-refractivity contribution is 0.0950. The normalized spacial score (nSPS) is 10.9. The second kappa shape index (κ2) is 6.41. The Morgan fingerprint density at radius 1 is 1.43 bits per heavy atom. The summed E-state index contributed by atoms with van der Waals surface area (Å²) in [6.07, 6.45) is -2.78. The highest BCUT2D eigenvalue weighted by molar-refractivity contribution is 7.14. The number of primary amides is 1. The Morgan fingerprint density at radius 2 is 2.14 bits per heavy atom. The van der Waals surface area contributed by atoms with Crippen molar-refractivity contribution < 1.29 is 18.4 Å². The molecular formula is C10H7ClF2N4O2S2. The molecule has 2 aromatic heterocycles. The van der Waals surface area contributed by atoms with Crippen LogP contribution in [0.5, 0.6) is 0 Å². The van der Waals surface area contributed by atoms with Crippen molar-refractivity contribution in [2.75, 3.05) is 0 Å². The van der Waals surface area contributed by atoms with E-state index in [1.807, 2.05) is 0 Å². The van der Waals surface area contributed by atoms with Crippen LogP contribution >= 0.6 is 34.3 Å². The average molecular weight is 353 g/mol. The molecule has 0 saturated heterocycles. The van der Waals surface area contributed by atoms with Gasteiger partial charge in [0.2, 0.25) is 0 Å². The molecule has 0 aliphatic rings. The van der Waals surface area contributed by atoms with E-state index in [9.17, 15) is 18.4 Å². The Kier molecular flexibility index (Phi) is 4.80. The summed E-state index contributed by atoms with van der Waals surface area (Å²) in [7, 11) is 0. The summed E-state index contributed by atoms with van der Waals surface area (Å²) in [6.45, 7) is 0.0258. The van der Waals surface area contributed by atoms with E-state index in [-0.39, 0.29) is 22.4 Å². The van der Waals surface area contributed by atoms with Crippen LogP contribution in [0.15, 0.2) is 5.38 Å². The van der Waals surface area contributed by atoms with Crippen LogP contribution < -0.4 is 11.1 Å². The average Bonchev–Trinajstić information content (AvgIpc) is 3.02. The fourth-order valence-corrected chi connectivity index (χ4v) is 3.07. The van der Waals surface area contributed by atoms with Gasteiger partial charge in [-0.25, -0.2) is 18.7 Å². The van der Waals surface area contributed by atoms with Crippen LogP contribution in [0.25, 0.3) is 0 Å². The van der Waals surface area contributed by atoms with Crippen LogP contribution in [0.3, 0.4) is 0 Å². The van der Waals surface area contributed by atoms with Crippen molar-refractivity contribution >= 4 is 46.1 Å². The quantitative estimate of drug-likeness (QED) is 0.862. The number of hydrogen-bond donors (Lipinski definition) is 2. The molecule has 2 rings (SSSR count). The Morgan fingerprint density at radius 3 is 2.67 bits per heavy atom. The summed E-state index contributed by atoms with van der Waals surface area (Å²) in [5, 5.41) is 3.81. The van der Waals surface area contributed by atoms with E-state index in [1.165, 1.54) is 5.38 Å². The third-order valence-electron chi connectivity index (χ3n) is 2.21. The van der Waals surface area contributed by atoms with Gasteiger partial charge in [0.1, 0.15) is 20.7 Å². The first-order chi connectivity index (χ1) is 9.88. The monoisotopic (exact) mass is 352 g/mol. The van der Waals surface area contributed by atoms with E-state index in [0.717, 1.165) is 11.3 Å². The minimum atomic E-state index is -2.78. The summed E-state index contributed by atoms with van der Waals surface area (Å²) in [4.78, 5) is 29.6. The van der Waals surface area contributed by atoms with Crippen LogP contribution in [0, 0.1) is 0 Å². The van der Waals surface area contributed by atoms with Gasteiger partial charge in [0, 0.05) is 5.38 Å². The van der Waals surface area contributed by atoms with Gasteiger partial charge in [-0.2, -0.15) is 0 Å². The number of carbonyl (C=O) groups excluding carboxylic acids is 2. The number of aromatic nitrogens is 2. The van der Waals surface area contributed by atoms with Crippen LogP contribution in [-0.4, -0.2) is 21.8 Å². The number of halogens is 3. The number of hydrogen-bond acceptors (Lipinski definition) is 6. The number of rotatable bonds is 5. The van der Waals surface area contributed by atoms with Gasteiger partial charge in [0.15, 0.2) is 5.01 Å². The van der Waals surface area contributed by atoms with E-state index >= 15 is 0 Å². The Balaban J connectivity index is 2.01. The highest BCUT2D eigenvalue weighted by Gasteiger charge is 2.21. The summed E-state index contributed by atoms with van der Waals surface area (Å²) in [5.74, 6) is -1.32. The minimum Gasteiger partial charge on any atom is -0.364 e. The standard InChI is InChI=1S/C10H7ClF2N4O2S2/c11-6-5(7(12)13)21-10(17-6)9(19)15-1-4-16-3(2-20-4)8(14)18/h2,7H,1H2,(H2,14,18)(H,15,19). The predicted molar refractivity (Wildman–Crippen MR) is 73.9 cm³/mol. The van der Waals surface area contributed by atoms with Gasteiger partial charge in [-0.15, -0.1) is 22.7 Å². The molecule has 2 aromatic rings. The molecular weight excluding hydrogens is 346 g/mol. The van der Waals surface area contributed by atoms with Crippen LogP contribution in [0.2, 0.25) is 5.15 Å². The fourth-order valence-electron chi connectivity index (χ4n) is 1.28. The van der Waals surface area contributed by atoms with Gasteiger partial charge in [-0.05, 0) is 0 Å². The lowest BCUT2D eigenvalue weighted by atomic mass is 10.5. The van der Waals surface area contributed by atoms with Gasteiger partial charge in [-0.3, -0.25) is 9.59 Å². The first kappa shape index (κ1) is 15.7. The Hall–Kier alpha value is -1.65. The van der Waals surface area contributed by atoms with Crippen molar-refractivity contribution in [3.8, 4) is 0 Å². The third-order valence-corrected chi connectivity index (χ3v) is 4.52. The molecule has 0 fully saturated rings. The maximum absolute atomic E-state index is 12.5. The zero-order valence-electron chi connectivity index (χ0n) is 10.1. The summed E-state index contributed by atoms with van der Waals surface area (Å²) >= 11 is 7.18. The number of carbonyl (C=O) groups is 2. The number of alkyl halides is 2. The highest BCUT2D eigenvalue weighted by Crippen LogP contribution is 2.32. The Bertz CT molecular complexity index is 688. The van der Waals surface area contributed by atoms with E-state index in [1.54, 1.807) is 0 Å². The molecule has 0 bridgehead atoms. The van der Waals surface area contributed by atoms with Crippen LogP contribution in [0.4, 0.5) is 8.78 Å². The van der Waals surface area contributed by atoms with Crippen molar-refractivity contribution in [2.24, 2.45) is 5.73 Å². The lowest BCUT2D eigenvalue weighted by Gasteiger charge is -1.99. The number of nitrogens with two attached hydrogens (primary N) is 1. The SMILES string of the molecule is NC(=O)c1csc(CNC(=O)c2nc(Cl)c(C(F)F)s2)n1. The molecule has 0 radical (unpaired) electrons. The fraction of sp³-hybridized carbons (Fsp3) is 0.200. The molecule has 0 spiro atoms. The van der Waals surface area contributed by atoms with Gasteiger partial charge in [0.25, 0.3) is 18.2 Å². The summed E-state index contributed by atoms with van der Waals surface area (Å²) < 4.78 is 25.1. The second-order valence-corrected chi connectivity index (χ2v) is 5.98. The molecule has 0 unspecified atom stereocenters. The number of nitrogens with zero attached hydrogens (tertiary/aromatic N) is 2. The third kappa shape index (κ3) is 3.71. The van der Waals surface area contributed by atoms with Gasteiger partial charge >= 0.3 is 0 Å². The molecule has 0 aromatic carbocycles. The summed E-state index contributed by atoms with van der Waals surface area (Å²) in [5.41, 5.74) is 5.14. The van der Waals surface area contributed by atoms with E-state index in [2.05, 4.69) is 15.3 Å². The van der Waals surface area contributed by atoms with E-state index in [0.29, 0.717) is 16.3 Å². The predicted octanol–water partition coefficient (Wildman–Crippen LogP) is 2.22.